The molecule has 0 spiro atoms. The predicted molar refractivity (Wildman–Crippen MR) is 78.4 cm³/mol. The predicted octanol–water partition coefficient (Wildman–Crippen LogP) is 5.03. The van der Waals surface area contributed by atoms with Crippen LogP contribution in [0.2, 0.25) is 0 Å². The largest absolute Gasteiger partial charge is 0.452 e. The maximum atomic E-state index is 5.52. The lowest BCUT2D eigenvalue weighted by molar-refractivity contribution is 0.448. The van der Waals surface area contributed by atoms with Gasteiger partial charge in [-0.2, -0.15) is 0 Å². The Morgan fingerprint density at radius 2 is 2.18 bits per heavy atom. The molecule has 0 saturated carbocycles. The van der Waals surface area contributed by atoms with E-state index in [0.717, 1.165) is 21.4 Å². The Balaban J connectivity index is 1.94. The van der Waals surface area contributed by atoms with E-state index in [0.29, 0.717) is 6.04 Å². The van der Waals surface area contributed by atoms with Crippen LogP contribution in [0.4, 0.5) is 0 Å². The highest BCUT2D eigenvalue weighted by atomic mass is 79.9. The second kappa shape index (κ2) is 5.69. The lowest BCUT2D eigenvalue weighted by Crippen LogP contribution is -2.16. The minimum Gasteiger partial charge on any atom is -0.452 e. The van der Waals surface area contributed by atoms with Gasteiger partial charge in [0, 0.05) is 15.8 Å². The fraction of sp³-hybridized carbons (Fsp3) is 0.333. The van der Waals surface area contributed by atoms with E-state index in [-0.39, 0.29) is 0 Å². The topological polar surface area (TPSA) is 25.2 Å². The quantitative estimate of drug-likeness (QED) is 0.807. The van der Waals surface area contributed by atoms with Crippen molar-refractivity contribution in [3.05, 3.63) is 42.9 Å². The highest BCUT2D eigenvalue weighted by Gasteiger charge is 2.10. The molecule has 0 amide bonds. The number of hydrogen-bond donors (Lipinski definition) is 1. The van der Waals surface area contributed by atoms with Crippen LogP contribution in [0, 0.1) is 6.92 Å². The van der Waals surface area contributed by atoms with Gasteiger partial charge in [0.15, 0.2) is 4.67 Å². The number of halogens is 2. The first-order chi connectivity index (χ1) is 8.06. The van der Waals surface area contributed by atoms with E-state index in [4.69, 9.17) is 4.42 Å². The molecule has 0 saturated heterocycles. The standard InChI is InChI=1S/C12H13Br2NOS/c1-7-3-4-11(17-7)8(2)15-6-9-5-10(13)12(14)16-9/h3-5,8,15H,6H2,1-2H3. The van der Waals surface area contributed by atoms with Crippen molar-refractivity contribution in [3.63, 3.8) is 0 Å². The van der Waals surface area contributed by atoms with Crippen molar-refractivity contribution in [1.82, 2.24) is 5.32 Å². The highest BCUT2D eigenvalue weighted by Crippen LogP contribution is 2.27. The molecular formula is C12H13Br2NOS. The molecule has 2 nitrogen and oxygen atoms in total. The van der Waals surface area contributed by atoms with E-state index in [1.807, 2.05) is 17.4 Å². The third kappa shape index (κ3) is 3.44. The van der Waals surface area contributed by atoms with Gasteiger partial charge in [0.2, 0.25) is 0 Å². The van der Waals surface area contributed by atoms with Crippen LogP contribution in [-0.4, -0.2) is 0 Å². The molecule has 0 aliphatic rings. The van der Waals surface area contributed by atoms with Crippen molar-refractivity contribution in [2.45, 2.75) is 26.4 Å². The first-order valence-corrected chi connectivity index (χ1v) is 7.70. The fourth-order valence-corrected chi connectivity index (χ4v) is 3.08. The minimum absolute atomic E-state index is 0.344. The van der Waals surface area contributed by atoms with E-state index in [9.17, 15) is 0 Å². The van der Waals surface area contributed by atoms with Gasteiger partial charge in [-0.15, -0.1) is 11.3 Å². The van der Waals surface area contributed by atoms with Crippen molar-refractivity contribution >= 4 is 43.2 Å². The summed E-state index contributed by atoms with van der Waals surface area (Å²) in [7, 11) is 0. The molecule has 1 unspecified atom stereocenters. The second-order valence-corrected chi connectivity index (χ2v) is 6.78. The van der Waals surface area contributed by atoms with Crippen molar-refractivity contribution in [2.75, 3.05) is 0 Å². The zero-order chi connectivity index (χ0) is 12.4. The minimum atomic E-state index is 0.344. The second-order valence-electron chi connectivity index (χ2n) is 3.89. The number of nitrogens with one attached hydrogen (secondary N) is 1. The van der Waals surface area contributed by atoms with Crippen LogP contribution in [-0.2, 0) is 6.54 Å². The molecule has 2 rings (SSSR count). The summed E-state index contributed by atoms with van der Waals surface area (Å²) in [6.45, 7) is 5.02. The third-order valence-electron chi connectivity index (χ3n) is 2.47. The summed E-state index contributed by atoms with van der Waals surface area (Å²) in [5, 5.41) is 3.44. The first-order valence-electron chi connectivity index (χ1n) is 5.29. The van der Waals surface area contributed by atoms with E-state index >= 15 is 0 Å². The maximum Gasteiger partial charge on any atom is 0.183 e. The number of aryl methyl sites for hydroxylation is 1. The van der Waals surface area contributed by atoms with Gasteiger partial charge in [0.05, 0.1) is 11.0 Å². The molecule has 0 bridgehead atoms. The highest BCUT2D eigenvalue weighted by molar-refractivity contribution is 9.13. The lowest BCUT2D eigenvalue weighted by Gasteiger charge is -2.10. The van der Waals surface area contributed by atoms with Gasteiger partial charge in [-0.3, -0.25) is 0 Å². The Morgan fingerprint density at radius 3 is 2.71 bits per heavy atom. The zero-order valence-electron chi connectivity index (χ0n) is 9.59. The Labute approximate surface area is 122 Å². The molecule has 1 N–H and O–H groups in total. The molecule has 0 aliphatic carbocycles. The lowest BCUT2D eigenvalue weighted by atomic mass is 10.2. The van der Waals surface area contributed by atoms with Gasteiger partial charge in [-0.1, -0.05) is 0 Å². The normalized spacial score (nSPS) is 12.9. The van der Waals surface area contributed by atoms with E-state index in [1.165, 1.54) is 9.75 Å². The van der Waals surface area contributed by atoms with Crippen molar-refractivity contribution in [2.24, 2.45) is 0 Å². The van der Waals surface area contributed by atoms with Crippen LogP contribution < -0.4 is 5.32 Å². The molecule has 92 valence electrons. The van der Waals surface area contributed by atoms with Gasteiger partial charge < -0.3 is 9.73 Å². The summed E-state index contributed by atoms with van der Waals surface area (Å²) in [4.78, 5) is 2.70. The molecule has 2 heterocycles. The average molecular weight is 379 g/mol. The van der Waals surface area contributed by atoms with Crippen LogP contribution in [0.3, 0.4) is 0 Å². The Morgan fingerprint density at radius 1 is 1.41 bits per heavy atom. The van der Waals surface area contributed by atoms with Crippen molar-refractivity contribution in [1.29, 1.82) is 0 Å². The molecule has 0 radical (unpaired) electrons. The summed E-state index contributed by atoms with van der Waals surface area (Å²) in [5.74, 6) is 0.920. The smallest absolute Gasteiger partial charge is 0.183 e. The summed E-state index contributed by atoms with van der Waals surface area (Å²) in [5.41, 5.74) is 0. The number of hydrogen-bond acceptors (Lipinski definition) is 3. The molecule has 5 heteroatoms. The molecular weight excluding hydrogens is 366 g/mol. The Bertz CT molecular complexity index is 487. The van der Waals surface area contributed by atoms with Gasteiger partial charge >= 0.3 is 0 Å². The molecule has 17 heavy (non-hydrogen) atoms. The fourth-order valence-electron chi connectivity index (χ4n) is 1.52. The Hall–Kier alpha value is -0.100. The van der Waals surface area contributed by atoms with Crippen LogP contribution in [0.1, 0.15) is 28.5 Å². The van der Waals surface area contributed by atoms with E-state index < -0.39 is 0 Å². The summed E-state index contributed by atoms with van der Waals surface area (Å²) in [6.07, 6.45) is 0. The summed E-state index contributed by atoms with van der Waals surface area (Å²) in [6, 6.07) is 6.64. The summed E-state index contributed by atoms with van der Waals surface area (Å²) >= 11 is 8.56. The van der Waals surface area contributed by atoms with Gasteiger partial charge in [0.25, 0.3) is 0 Å². The average Bonchev–Trinajstić information content (AvgIpc) is 2.83. The SMILES string of the molecule is Cc1ccc(C(C)NCc2cc(Br)c(Br)o2)s1. The molecule has 2 aromatic rings. The van der Waals surface area contributed by atoms with Gasteiger partial charge in [-0.05, 0) is 63.9 Å². The van der Waals surface area contributed by atoms with Crippen molar-refractivity contribution in [3.8, 4) is 0 Å². The van der Waals surface area contributed by atoms with Crippen LogP contribution in [0.15, 0.2) is 31.8 Å². The number of rotatable bonds is 4. The van der Waals surface area contributed by atoms with Crippen LogP contribution in [0.25, 0.3) is 0 Å². The Kier molecular flexibility index (Phi) is 4.47. The molecule has 1 atom stereocenters. The maximum absolute atomic E-state index is 5.52. The number of thiophene rings is 1. The number of furan rings is 1. The van der Waals surface area contributed by atoms with E-state index in [2.05, 4.69) is 63.2 Å². The van der Waals surface area contributed by atoms with Crippen LogP contribution in [0.5, 0.6) is 0 Å². The van der Waals surface area contributed by atoms with E-state index in [1.54, 1.807) is 0 Å². The molecule has 0 aliphatic heterocycles. The first kappa shape index (κ1) is 13.3. The zero-order valence-corrected chi connectivity index (χ0v) is 13.6. The molecule has 0 fully saturated rings. The molecule has 2 aromatic heterocycles. The van der Waals surface area contributed by atoms with Crippen molar-refractivity contribution < 1.29 is 4.42 Å². The summed E-state index contributed by atoms with van der Waals surface area (Å²) < 4.78 is 7.21. The van der Waals surface area contributed by atoms with Gasteiger partial charge in [-0.25, -0.2) is 0 Å². The monoisotopic (exact) mass is 377 g/mol. The molecule has 0 aromatic carbocycles. The van der Waals surface area contributed by atoms with Crippen LogP contribution >= 0.6 is 43.2 Å². The third-order valence-corrected chi connectivity index (χ3v) is 5.36. The van der Waals surface area contributed by atoms with Gasteiger partial charge in [0.1, 0.15) is 5.76 Å².